The van der Waals surface area contributed by atoms with Gasteiger partial charge in [-0.1, -0.05) is 26.8 Å². The quantitative estimate of drug-likeness (QED) is 0.604. The third kappa shape index (κ3) is 6.26. The lowest BCUT2D eigenvalue weighted by Gasteiger charge is -2.25. The Morgan fingerprint density at radius 2 is 2.09 bits per heavy atom. The number of rotatable bonds is 7. The molecule has 3 heterocycles. The number of anilines is 1. The molecule has 0 aromatic carbocycles. The Balaban J connectivity index is 0.000000185. The molecule has 2 N–H and O–H groups in total. The zero-order chi connectivity index (χ0) is 23.3. The molecule has 3 atom stereocenters. The van der Waals surface area contributed by atoms with Gasteiger partial charge in [0.25, 0.3) is 5.91 Å². The van der Waals surface area contributed by atoms with Gasteiger partial charge in [-0.15, -0.1) is 0 Å². The summed E-state index contributed by atoms with van der Waals surface area (Å²) in [6.45, 7) is 13.3. The largest absolute Gasteiger partial charge is 0.353 e. The molecule has 1 saturated carbocycles. The molecule has 1 amide bonds. The molecule has 32 heavy (non-hydrogen) atoms. The summed E-state index contributed by atoms with van der Waals surface area (Å²) in [6, 6.07) is 0. The Labute approximate surface area is 193 Å². The van der Waals surface area contributed by atoms with Gasteiger partial charge in [-0.25, -0.2) is 19.8 Å². The maximum absolute atomic E-state index is 13.3. The molecule has 3 unspecified atom stereocenters. The number of hydrogen-bond donors (Lipinski definition) is 2. The maximum Gasteiger partial charge on any atom is 0.254 e. The van der Waals surface area contributed by atoms with Crippen LogP contribution in [0, 0.1) is 23.6 Å². The van der Waals surface area contributed by atoms with Crippen molar-refractivity contribution in [1.82, 2.24) is 25.7 Å². The first-order chi connectivity index (χ1) is 15.3. The van der Waals surface area contributed by atoms with E-state index in [0.29, 0.717) is 29.7 Å². The first kappa shape index (κ1) is 24.1. The van der Waals surface area contributed by atoms with Gasteiger partial charge in [0.15, 0.2) is 11.6 Å². The summed E-state index contributed by atoms with van der Waals surface area (Å²) >= 11 is 5.63. The molecule has 0 bridgehead atoms. The molecule has 0 radical (unpaired) electrons. The number of carbonyl (C=O) groups is 1. The van der Waals surface area contributed by atoms with Crippen molar-refractivity contribution in [1.29, 1.82) is 0 Å². The highest BCUT2D eigenvalue weighted by Crippen LogP contribution is 2.46. The van der Waals surface area contributed by atoms with Crippen molar-refractivity contribution in [3.8, 4) is 0 Å². The number of hydrazine groups is 1. The van der Waals surface area contributed by atoms with Gasteiger partial charge in [0.2, 0.25) is 5.28 Å². The first-order valence-corrected chi connectivity index (χ1v) is 11.4. The minimum absolute atomic E-state index is 0.113. The number of amides is 1. The normalized spacial score (nSPS) is 22.0. The van der Waals surface area contributed by atoms with E-state index in [9.17, 15) is 9.18 Å². The summed E-state index contributed by atoms with van der Waals surface area (Å²) in [5, 5.41) is 4.56. The predicted octanol–water partition coefficient (Wildman–Crippen LogP) is 3.14. The minimum atomic E-state index is -0.379. The highest BCUT2D eigenvalue weighted by atomic mass is 35.5. The Hall–Kier alpha value is -2.52. The monoisotopic (exact) mass is 463 g/mol. The summed E-state index contributed by atoms with van der Waals surface area (Å²) < 4.78 is 13.3. The van der Waals surface area contributed by atoms with Crippen LogP contribution in [0.4, 0.5) is 10.2 Å². The summed E-state index contributed by atoms with van der Waals surface area (Å²) in [5.41, 5.74) is 3.74. The second-order valence-corrected chi connectivity index (χ2v) is 8.67. The fraction of sp³-hybridized carbons (Fsp3) is 0.545. The van der Waals surface area contributed by atoms with Crippen molar-refractivity contribution in [2.75, 3.05) is 31.1 Å². The molecule has 2 fully saturated rings. The topological polar surface area (TPSA) is 85.8 Å². The van der Waals surface area contributed by atoms with Gasteiger partial charge < -0.3 is 10.2 Å². The number of fused-ring (bicyclic) bond motifs is 1. The molecule has 1 aromatic rings. The molecule has 1 aliphatic carbocycles. The third-order valence-electron chi connectivity index (χ3n) is 5.78. The minimum Gasteiger partial charge on any atom is -0.353 e. The fourth-order valence-electron chi connectivity index (χ4n) is 3.50. The number of halogens is 2. The fourth-order valence-corrected chi connectivity index (χ4v) is 3.63. The summed E-state index contributed by atoms with van der Waals surface area (Å²) in [4.78, 5) is 25.3. The first-order valence-electron chi connectivity index (χ1n) is 11.0. The van der Waals surface area contributed by atoms with Crippen LogP contribution in [0.3, 0.4) is 0 Å². The molecule has 174 valence electrons. The number of aromatic nitrogens is 2. The Morgan fingerprint density at radius 3 is 2.75 bits per heavy atom. The number of aliphatic imine (C=N–C) groups is 1. The number of nitrogens with zero attached hydrogens (tertiary/aromatic N) is 5. The Bertz CT molecular complexity index is 896. The van der Waals surface area contributed by atoms with Crippen LogP contribution in [0.5, 0.6) is 0 Å². The van der Waals surface area contributed by atoms with E-state index in [1.165, 1.54) is 12.6 Å². The van der Waals surface area contributed by atoms with Gasteiger partial charge >= 0.3 is 0 Å². The van der Waals surface area contributed by atoms with Crippen molar-refractivity contribution >= 4 is 29.5 Å². The standard InChI is InChI=1S/C13H22N4O.C9H9ClFN3/c1-5-10(3)7-16-17-9-12(8-15-11(17)4)13(18)14-6-2;10-9-12-2-7(11)8(13-9)14-3-5-1-6(5)4-14/h8-10,16H,4-7H2,1-3H3,(H,14,18);2,5-6H,1,3-4H2. The van der Waals surface area contributed by atoms with E-state index >= 15 is 0 Å². The van der Waals surface area contributed by atoms with E-state index in [1.54, 1.807) is 11.2 Å². The average molecular weight is 464 g/mol. The molecule has 0 spiro atoms. The number of hydrogen-bond acceptors (Lipinski definition) is 7. The molecule has 1 saturated heterocycles. The maximum atomic E-state index is 13.3. The summed E-state index contributed by atoms with van der Waals surface area (Å²) in [7, 11) is 0. The lowest BCUT2D eigenvalue weighted by molar-refractivity contribution is -0.116. The molecule has 10 heteroatoms. The van der Waals surface area contributed by atoms with E-state index in [4.69, 9.17) is 11.6 Å². The summed E-state index contributed by atoms with van der Waals surface area (Å²) in [5.74, 6) is 2.51. The summed E-state index contributed by atoms with van der Waals surface area (Å²) in [6.07, 6.45) is 6.78. The van der Waals surface area contributed by atoms with Crippen molar-refractivity contribution in [2.45, 2.75) is 33.6 Å². The van der Waals surface area contributed by atoms with Crippen LogP contribution in [-0.2, 0) is 4.79 Å². The van der Waals surface area contributed by atoms with Gasteiger partial charge in [-0.05, 0) is 42.7 Å². The van der Waals surface area contributed by atoms with Crippen molar-refractivity contribution < 1.29 is 9.18 Å². The number of carbonyl (C=O) groups excluding carboxylic acids is 1. The highest BCUT2D eigenvalue weighted by molar-refractivity contribution is 6.28. The van der Waals surface area contributed by atoms with Crippen molar-refractivity contribution in [3.63, 3.8) is 0 Å². The number of piperidine rings is 1. The van der Waals surface area contributed by atoms with E-state index in [-0.39, 0.29) is 17.0 Å². The predicted molar refractivity (Wildman–Crippen MR) is 125 cm³/mol. The smallest absolute Gasteiger partial charge is 0.254 e. The average Bonchev–Trinajstić information content (AvgIpc) is 3.40. The van der Waals surface area contributed by atoms with E-state index < -0.39 is 0 Å². The zero-order valence-electron chi connectivity index (χ0n) is 18.8. The zero-order valence-corrected chi connectivity index (χ0v) is 19.6. The molecule has 1 aromatic heterocycles. The molecule has 8 nitrogen and oxygen atoms in total. The molecule has 3 aliphatic rings. The Kier molecular flexibility index (Phi) is 8.20. The van der Waals surface area contributed by atoms with Crippen LogP contribution in [0.15, 0.2) is 35.4 Å². The van der Waals surface area contributed by atoms with Gasteiger partial charge in [-0.2, -0.15) is 4.98 Å². The lowest BCUT2D eigenvalue weighted by atomic mass is 10.1. The van der Waals surface area contributed by atoms with E-state index in [2.05, 4.69) is 46.1 Å². The number of nitrogens with one attached hydrogen (secondary N) is 2. The van der Waals surface area contributed by atoms with Crippen LogP contribution < -0.4 is 15.6 Å². The van der Waals surface area contributed by atoms with Crippen LogP contribution in [0.1, 0.15) is 33.6 Å². The van der Waals surface area contributed by atoms with Crippen LogP contribution in [0.25, 0.3) is 0 Å². The lowest BCUT2D eigenvalue weighted by Crippen LogP contribution is -2.38. The third-order valence-corrected chi connectivity index (χ3v) is 5.96. The van der Waals surface area contributed by atoms with E-state index in [1.807, 2.05) is 11.8 Å². The van der Waals surface area contributed by atoms with Crippen molar-refractivity contribution in [2.24, 2.45) is 22.7 Å². The van der Waals surface area contributed by atoms with Gasteiger partial charge in [0.1, 0.15) is 5.82 Å². The molecule has 4 rings (SSSR count). The highest BCUT2D eigenvalue weighted by Gasteiger charge is 2.46. The second kappa shape index (κ2) is 10.9. The van der Waals surface area contributed by atoms with E-state index in [0.717, 1.165) is 44.1 Å². The van der Waals surface area contributed by atoms with Gasteiger partial charge in [-0.3, -0.25) is 9.80 Å². The SMILES string of the molecule is C=C1N=CC(C(=O)NCC)=CN1NCC(C)CC.Fc1cnc(Cl)nc1N1CC2CC2C1. The van der Waals surface area contributed by atoms with Crippen LogP contribution in [0.2, 0.25) is 5.28 Å². The Morgan fingerprint density at radius 1 is 1.38 bits per heavy atom. The van der Waals surface area contributed by atoms with Crippen molar-refractivity contribution in [3.05, 3.63) is 41.5 Å². The molecule has 2 aliphatic heterocycles. The van der Waals surface area contributed by atoms with Gasteiger partial charge in [0.05, 0.1) is 11.8 Å². The number of likely N-dealkylation sites (N-methyl/N-ethyl adjacent to an activating group) is 1. The molecular weight excluding hydrogens is 433 g/mol. The van der Waals surface area contributed by atoms with Crippen LogP contribution in [-0.4, -0.2) is 53.3 Å². The van der Waals surface area contributed by atoms with Crippen LogP contribution >= 0.6 is 11.6 Å². The van der Waals surface area contributed by atoms with Gasteiger partial charge in [0, 0.05) is 38.6 Å². The molecular formula is C22H31ClFN7O. The second-order valence-electron chi connectivity index (χ2n) is 8.34.